The monoisotopic (exact) mass is 241 g/mol. The van der Waals surface area contributed by atoms with Crippen LogP contribution in [-0.4, -0.2) is 44.3 Å². The molecule has 0 atom stereocenters. The predicted molar refractivity (Wildman–Crippen MR) is 59.0 cm³/mol. The molecule has 0 saturated carbocycles. The highest BCUT2D eigenvalue weighted by molar-refractivity contribution is 6.36. The van der Waals surface area contributed by atoms with E-state index < -0.39 is 9.53 Å². The highest BCUT2D eigenvalue weighted by Crippen LogP contribution is 1.90. The molecule has 0 unspecified atom stereocenters. The minimum absolute atomic E-state index is 0.0710. The zero-order valence-electron chi connectivity index (χ0n) is 9.19. The second-order valence-corrected chi connectivity index (χ2v) is 4.40. The van der Waals surface area contributed by atoms with E-state index in [2.05, 4.69) is 0 Å². The van der Waals surface area contributed by atoms with E-state index in [1.165, 1.54) is 0 Å². The van der Waals surface area contributed by atoms with Gasteiger partial charge in [0, 0.05) is 19.8 Å². The maximum absolute atomic E-state index is 8.87. The molecule has 6 nitrogen and oxygen atoms in total. The Morgan fingerprint density at radius 2 is 1.36 bits per heavy atom. The van der Waals surface area contributed by atoms with Crippen LogP contribution in [0.2, 0.25) is 0 Å². The Morgan fingerprint density at radius 3 is 1.50 bits per heavy atom. The number of hydrogen-bond donors (Lipinski definition) is 0. The highest BCUT2D eigenvalue weighted by Gasteiger charge is 2.11. The Bertz CT molecular complexity index is 119. The number of hydrogen-bond acceptors (Lipinski definition) is 5. The van der Waals surface area contributed by atoms with Gasteiger partial charge in [0.25, 0.3) is 0 Å². The zero-order valence-corrected chi connectivity index (χ0v) is 12.3. The van der Waals surface area contributed by atoms with Crippen molar-refractivity contribution in [2.24, 2.45) is 0 Å². The Kier molecular flexibility index (Phi) is 14.7. The molecule has 0 aliphatic rings. The van der Waals surface area contributed by atoms with Crippen LogP contribution >= 0.6 is 0 Å². The summed E-state index contributed by atoms with van der Waals surface area (Å²) < 4.78 is 15.3. The van der Waals surface area contributed by atoms with Gasteiger partial charge in [-0.3, -0.25) is 10.1 Å². The molecule has 0 fully saturated rings. The van der Waals surface area contributed by atoms with E-state index in [1.54, 1.807) is 0 Å². The van der Waals surface area contributed by atoms with Gasteiger partial charge in [-0.05, 0) is 20.8 Å². The van der Waals surface area contributed by atoms with Gasteiger partial charge in [-0.15, -0.1) is 0 Å². The third kappa shape index (κ3) is 17.7. The van der Waals surface area contributed by atoms with Gasteiger partial charge < -0.3 is 13.3 Å². The maximum Gasteiger partial charge on any atom is 0.484 e. The van der Waals surface area contributed by atoms with Crippen LogP contribution in [0.5, 0.6) is 0 Å². The first kappa shape index (κ1) is 16.2. The molecule has 0 spiro atoms. The van der Waals surface area contributed by atoms with E-state index in [4.69, 9.17) is 23.4 Å². The maximum atomic E-state index is 8.87. The lowest BCUT2D eigenvalue weighted by Crippen LogP contribution is -2.27. The fourth-order valence-electron chi connectivity index (χ4n) is 0.553. The summed E-state index contributed by atoms with van der Waals surface area (Å²) in [5.74, 6) is 0. The van der Waals surface area contributed by atoms with E-state index in [-0.39, 0.29) is 15.0 Å². The fraction of sp³-hybridized carbons (Fsp3) is 1.00. The standard InChI is InChI=1S/C6H16O3Si.H3NO2Si/c1-4-7-10(8-5-2)9-6-3;2-1(3)4/h10H,4-6H2,1-3H3;4H3. The van der Waals surface area contributed by atoms with Crippen molar-refractivity contribution < 1.29 is 17.9 Å². The van der Waals surface area contributed by atoms with Gasteiger partial charge >= 0.3 is 19.9 Å². The molecule has 8 heteroatoms. The third-order valence-electron chi connectivity index (χ3n) is 0.908. The molecule has 86 valence electrons. The summed E-state index contributed by atoms with van der Waals surface area (Å²) in [6.07, 6.45) is 0. The van der Waals surface area contributed by atoms with Crippen molar-refractivity contribution in [1.29, 1.82) is 0 Å². The van der Waals surface area contributed by atoms with Crippen molar-refractivity contribution in [1.82, 2.24) is 0 Å². The molecule has 0 aliphatic heterocycles. The Labute approximate surface area is 89.2 Å². The van der Waals surface area contributed by atoms with Crippen LogP contribution in [0.25, 0.3) is 0 Å². The van der Waals surface area contributed by atoms with Crippen LogP contribution in [-0.2, 0) is 13.3 Å². The summed E-state index contributed by atoms with van der Waals surface area (Å²) >= 11 is 0. The lowest BCUT2D eigenvalue weighted by atomic mass is 10.9. The topological polar surface area (TPSA) is 70.8 Å². The Balaban J connectivity index is 0. The first-order valence-corrected chi connectivity index (χ1v) is 6.82. The molecule has 0 aliphatic carbocycles. The van der Waals surface area contributed by atoms with E-state index in [9.17, 15) is 0 Å². The molecule has 0 heterocycles. The molecular formula is C6H19NO5Si2. The van der Waals surface area contributed by atoms with Crippen LogP contribution in [0.4, 0.5) is 0 Å². The molecular weight excluding hydrogens is 222 g/mol. The second-order valence-electron chi connectivity index (χ2n) is 2.09. The van der Waals surface area contributed by atoms with Gasteiger partial charge in [-0.2, -0.15) is 0 Å². The highest BCUT2D eigenvalue weighted by atomic mass is 28.3. The molecule has 0 saturated heterocycles. The van der Waals surface area contributed by atoms with Gasteiger partial charge in [0.2, 0.25) is 0 Å². The van der Waals surface area contributed by atoms with Crippen molar-refractivity contribution in [2.75, 3.05) is 19.8 Å². The molecule has 0 rings (SSSR count). The Hall–Kier alpha value is -0.286. The molecule has 0 radical (unpaired) electrons. The van der Waals surface area contributed by atoms with Crippen molar-refractivity contribution >= 4 is 19.9 Å². The van der Waals surface area contributed by atoms with Crippen LogP contribution in [0, 0.1) is 10.1 Å². The summed E-state index contributed by atoms with van der Waals surface area (Å²) in [6, 6.07) is 0. The molecule has 0 aromatic rings. The van der Waals surface area contributed by atoms with Gasteiger partial charge in [0.15, 0.2) is 0 Å². The van der Waals surface area contributed by atoms with E-state index in [0.29, 0.717) is 19.8 Å². The smallest absolute Gasteiger partial charge is 0.376 e. The SMILES string of the molecule is CCO[SiH](OCC)OCC.O=[N+]([O-])[SiH3]. The number of rotatable bonds is 6. The van der Waals surface area contributed by atoms with E-state index in [1.807, 2.05) is 20.8 Å². The van der Waals surface area contributed by atoms with Crippen molar-refractivity contribution in [3.63, 3.8) is 0 Å². The molecule has 0 N–H and O–H groups in total. The van der Waals surface area contributed by atoms with Crippen molar-refractivity contribution in [3.05, 3.63) is 10.1 Å². The van der Waals surface area contributed by atoms with Gasteiger partial charge in [0.1, 0.15) is 0 Å². The minimum atomic E-state index is -1.73. The summed E-state index contributed by atoms with van der Waals surface area (Å²) in [5, 5.41) is 8.87. The fourth-order valence-corrected chi connectivity index (χ4v) is 1.66. The summed E-state index contributed by atoms with van der Waals surface area (Å²) in [7, 11) is -1.66. The predicted octanol–water partition coefficient (Wildman–Crippen LogP) is -0.643. The van der Waals surface area contributed by atoms with Gasteiger partial charge in [-0.25, -0.2) is 0 Å². The molecule has 0 aromatic heterocycles. The third-order valence-corrected chi connectivity index (χ3v) is 2.72. The van der Waals surface area contributed by atoms with E-state index in [0.717, 1.165) is 0 Å². The van der Waals surface area contributed by atoms with Crippen LogP contribution in [0.3, 0.4) is 0 Å². The second kappa shape index (κ2) is 12.7. The van der Waals surface area contributed by atoms with Crippen LogP contribution in [0.15, 0.2) is 0 Å². The molecule has 14 heavy (non-hydrogen) atoms. The van der Waals surface area contributed by atoms with Crippen molar-refractivity contribution in [2.45, 2.75) is 20.8 Å². The number of nitrogens with zero attached hydrogens (tertiary/aromatic N) is 1. The van der Waals surface area contributed by atoms with E-state index >= 15 is 0 Å². The largest absolute Gasteiger partial charge is 0.484 e. The average Bonchev–Trinajstić information content (AvgIpc) is 2.04. The Morgan fingerprint density at radius 1 is 1.14 bits per heavy atom. The molecule has 0 bridgehead atoms. The minimum Gasteiger partial charge on any atom is -0.376 e. The van der Waals surface area contributed by atoms with Crippen LogP contribution in [0.1, 0.15) is 20.8 Å². The molecule has 0 amide bonds. The van der Waals surface area contributed by atoms with Gasteiger partial charge in [0.05, 0.1) is 0 Å². The molecule has 0 aromatic carbocycles. The summed E-state index contributed by atoms with van der Waals surface area (Å²) in [4.78, 5) is 8.87. The lowest BCUT2D eigenvalue weighted by molar-refractivity contribution is -0.312. The zero-order chi connectivity index (χ0) is 11.4. The lowest BCUT2D eigenvalue weighted by Gasteiger charge is -2.12. The number of nitro groups is 1. The normalized spacial score (nSPS) is 9.71. The van der Waals surface area contributed by atoms with Crippen molar-refractivity contribution in [3.8, 4) is 0 Å². The summed E-state index contributed by atoms with van der Waals surface area (Å²) in [5.41, 5.74) is 0. The van der Waals surface area contributed by atoms with Crippen LogP contribution < -0.4 is 0 Å². The first-order valence-electron chi connectivity index (χ1n) is 4.51. The summed E-state index contributed by atoms with van der Waals surface area (Å²) in [6.45, 7) is 7.86. The quantitative estimate of drug-likeness (QED) is 0.351. The first-order chi connectivity index (χ1) is 6.58. The average molecular weight is 241 g/mol. The van der Waals surface area contributed by atoms with Gasteiger partial charge in [-0.1, -0.05) is 4.59 Å².